The van der Waals surface area contributed by atoms with E-state index in [0.29, 0.717) is 12.2 Å². The molecule has 23 heavy (non-hydrogen) atoms. The summed E-state index contributed by atoms with van der Waals surface area (Å²) >= 11 is 0. The Morgan fingerprint density at radius 3 is 2.61 bits per heavy atom. The van der Waals surface area contributed by atoms with Gasteiger partial charge in [-0.1, -0.05) is 43.7 Å². The van der Waals surface area contributed by atoms with Gasteiger partial charge in [0.25, 0.3) is 5.91 Å². The highest BCUT2D eigenvalue weighted by Gasteiger charge is 2.25. The highest BCUT2D eigenvalue weighted by molar-refractivity contribution is 5.92. The Morgan fingerprint density at radius 2 is 2.00 bits per heavy atom. The molecule has 1 heterocycles. The van der Waals surface area contributed by atoms with Crippen LogP contribution in [-0.4, -0.2) is 38.3 Å². The average Bonchev–Trinajstić information content (AvgIpc) is 2.94. The van der Waals surface area contributed by atoms with Gasteiger partial charge in [-0.25, -0.2) is 0 Å². The number of carbonyl (C=O) groups excluding carboxylic acids is 1. The van der Waals surface area contributed by atoms with E-state index in [2.05, 4.69) is 17.1 Å². The molecular weight excluding hydrogens is 290 g/mol. The fourth-order valence-corrected chi connectivity index (χ4v) is 2.50. The maximum Gasteiger partial charge on any atom is 0.274 e. The molecule has 0 bridgehead atoms. The van der Waals surface area contributed by atoms with Crippen molar-refractivity contribution in [2.24, 2.45) is 0 Å². The molecule has 0 radical (unpaired) electrons. The lowest BCUT2D eigenvalue weighted by molar-refractivity contribution is 0.0277. The number of aromatic amines is 1. The predicted octanol–water partition coefficient (Wildman–Crippen LogP) is 2.78. The number of nitrogens with one attached hydrogen (secondary N) is 1. The lowest BCUT2D eigenvalue weighted by Gasteiger charge is -2.28. The van der Waals surface area contributed by atoms with E-state index in [4.69, 9.17) is 0 Å². The number of benzene rings is 1. The lowest BCUT2D eigenvalue weighted by Crippen LogP contribution is -2.42. The van der Waals surface area contributed by atoms with Crippen LogP contribution in [0.15, 0.2) is 36.4 Å². The summed E-state index contributed by atoms with van der Waals surface area (Å²) < 4.78 is 0. The molecule has 0 unspecified atom stereocenters. The SMILES string of the molecule is CCCc1cc(C(=O)N(Cc2ccccc2)CC(C)(C)O)n[nH]1. The number of hydrogen-bond acceptors (Lipinski definition) is 3. The molecule has 1 amide bonds. The Balaban J connectivity index is 2.19. The predicted molar refractivity (Wildman–Crippen MR) is 90.1 cm³/mol. The molecule has 2 N–H and O–H groups in total. The van der Waals surface area contributed by atoms with Crippen molar-refractivity contribution in [3.63, 3.8) is 0 Å². The number of aromatic nitrogens is 2. The first-order chi connectivity index (χ1) is 10.9. The van der Waals surface area contributed by atoms with Gasteiger partial charge in [0.1, 0.15) is 5.69 Å². The van der Waals surface area contributed by atoms with E-state index in [-0.39, 0.29) is 12.5 Å². The minimum absolute atomic E-state index is 0.172. The zero-order chi connectivity index (χ0) is 16.9. The van der Waals surface area contributed by atoms with Gasteiger partial charge in [-0.15, -0.1) is 0 Å². The maximum absolute atomic E-state index is 12.8. The van der Waals surface area contributed by atoms with Crippen molar-refractivity contribution in [3.8, 4) is 0 Å². The Bertz CT molecular complexity index is 629. The van der Waals surface area contributed by atoms with Gasteiger partial charge in [-0.3, -0.25) is 9.89 Å². The van der Waals surface area contributed by atoms with Gasteiger partial charge in [0.2, 0.25) is 0 Å². The van der Waals surface area contributed by atoms with Crippen LogP contribution in [0.2, 0.25) is 0 Å². The zero-order valence-corrected chi connectivity index (χ0v) is 14.0. The first kappa shape index (κ1) is 17.2. The summed E-state index contributed by atoms with van der Waals surface area (Å²) in [7, 11) is 0. The third kappa shape index (κ3) is 5.21. The molecule has 124 valence electrons. The summed E-state index contributed by atoms with van der Waals surface area (Å²) in [5.74, 6) is -0.172. The Kier molecular flexibility index (Phi) is 5.55. The van der Waals surface area contributed by atoms with Crippen LogP contribution in [-0.2, 0) is 13.0 Å². The van der Waals surface area contributed by atoms with Crippen molar-refractivity contribution in [2.45, 2.75) is 45.8 Å². The molecule has 0 saturated carbocycles. The van der Waals surface area contributed by atoms with Gasteiger partial charge in [-0.05, 0) is 31.9 Å². The molecule has 0 atom stereocenters. The number of rotatable bonds is 7. The van der Waals surface area contributed by atoms with E-state index in [1.807, 2.05) is 30.3 Å². The summed E-state index contributed by atoms with van der Waals surface area (Å²) in [6.45, 7) is 6.17. The number of hydrogen-bond donors (Lipinski definition) is 2. The monoisotopic (exact) mass is 315 g/mol. The van der Waals surface area contributed by atoms with Gasteiger partial charge in [-0.2, -0.15) is 5.10 Å². The van der Waals surface area contributed by atoms with Crippen LogP contribution in [0.1, 0.15) is 48.9 Å². The molecule has 1 aromatic carbocycles. The van der Waals surface area contributed by atoms with E-state index in [1.54, 1.807) is 24.8 Å². The first-order valence-electron chi connectivity index (χ1n) is 7.99. The maximum atomic E-state index is 12.8. The van der Waals surface area contributed by atoms with E-state index in [1.165, 1.54) is 0 Å². The van der Waals surface area contributed by atoms with Crippen LogP contribution in [0, 0.1) is 0 Å². The molecule has 5 heteroatoms. The van der Waals surface area contributed by atoms with Gasteiger partial charge in [0.15, 0.2) is 0 Å². The standard InChI is InChI=1S/C18H25N3O2/c1-4-8-15-11-16(20-19-15)17(22)21(13-18(2,3)23)12-14-9-6-5-7-10-14/h5-7,9-11,23H,4,8,12-13H2,1-3H3,(H,19,20). The minimum Gasteiger partial charge on any atom is -0.389 e. The van der Waals surface area contributed by atoms with Gasteiger partial charge >= 0.3 is 0 Å². The van der Waals surface area contributed by atoms with Crippen LogP contribution in [0.4, 0.5) is 0 Å². The Morgan fingerprint density at radius 1 is 1.30 bits per heavy atom. The summed E-state index contributed by atoms with van der Waals surface area (Å²) in [6.07, 6.45) is 1.86. The molecule has 0 saturated heterocycles. The number of aryl methyl sites for hydroxylation is 1. The summed E-state index contributed by atoms with van der Waals surface area (Å²) in [5.41, 5.74) is 1.41. The minimum atomic E-state index is -0.965. The first-order valence-corrected chi connectivity index (χ1v) is 7.99. The number of amides is 1. The number of aliphatic hydroxyl groups is 1. The quantitative estimate of drug-likeness (QED) is 0.825. The highest BCUT2D eigenvalue weighted by Crippen LogP contribution is 2.14. The van der Waals surface area contributed by atoms with Crippen LogP contribution in [0.25, 0.3) is 0 Å². The average molecular weight is 315 g/mol. The molecule has 0 fully saturated rings. The second-order valence-corrected chi connectivity index (χ2v) is 6.49. The molecule has 1 aromatic heterocycles. The van der Waals surface area contributed by atoms with Gasteiger partial charge in [0, 0.05) is 18.8 Å². The molecule has 0 aliphatic carbocycles. The molecule has 0 aliphatic heterocycles. The van der Waals surface area contributed by atoms with Crippen molar-refractivity contribution in [2.75, 3.05) is 6.54 Å². The molecular formula is C18H25N3O2. The van der Waals surface area contributed by atoms with Crippen molar-refractivity contribution in [1.29, 1.82) is 0 Å². The van der Waals surface area contributed by atoms with Crippen molar-refractivity contribution in [1.82, 2.24) is 15.1 Å². The van der Waals surface area contributed by atoms with Crippen molar-refractivity contribution < 1.29 is 9.90 Å². The molecule has 5 nitrogen and oxygen atoms in total. The number of H-pyrrole nitrogens is 1. The molecule has 0 spiro atoms. The van der Waals surface area contributed by atoms with E-state index >= 15 is 0 Å². The second kappa shape index (κ2) is 7.42. The van der Waals surface area contributed by atoms with E-state index < -0.39 is 5.60 Å². The molecule has 2 rings (SSSR count). The lowest BCUT2D eigenvalue weighted by atomic mass is 10.1. The third-order valence-electron chi connectivity index (χ3n) is 3.45. The van der Waals surface area contributed by atoms with Crippen molar-refractivity contribution >= 4 is 5.91 Å². The topological polar surface area (TPSA) is 69.2 Å². The summed E-state index contributed by atoms with van der Waals surface area (Å²) in [6, 6.07) is 11.6. The van der Waals surface area contributed by atoms with Crippen LogP contribution in [0.5, 0.6) is 0 Å². The second-order valence-electron chi connectivity index (χ2n) is 6.49. The van der Waals surface area contributed by atoms with E-state index in [0.717, 1.165) is 24.1 Å². The van der Waals surface area contributed by atoms with E-state index in [9.17, 15) is 9.90 Å². The fourth-order valence-electron chi connectivity index (χ4n) is 2.50. The highest BCUT2D eigenvalue weighted by atomic mass is 16.3. The molecule has 2 aromatic rings. The van der Waals surface area contributed by atoms with Crippen LogP contribution < -0.4 is 0 Å². The number of carbonyl (C=O) groups is 1. The summed E-state index contributed by atoms with van der Waals surface area (Å²) in [5, 5.41) is 17.2. The summed E-state index contributed by atoms with van der Waals surface area (Å²) in [4.78, 5) is 14.4. The normalized spacial score (nSPS) is 11.5. The fraction of sp³-hybridized carbons (Fsp3) is 0.444. The van der Waals surface area contributed by atoms with Crippen LogP contribution >= 0.6 is 0 Å². The number of nitrogens with zero attached hydrogens (tertiary/aromatic N) is 2. The van der Waals surface area contributed by atoms with Crippen LogP contribution in [0.3, 0.4) is 0 Å². The Hall–Kier alpha value is -2.14. The Labute approximate surface area is 137 Å². The van der Waals surface area contributed by atoms with Gasteiger partial charge in [0.05, 0.1) is 5.60 Å². The molecule has 0 aliphatic rings. The zero-order valence-electron chi connectivity index (χ0n) is 14.0. The smallest absolute Gasteiger partial charge is 0.274 e. The third-order valence-corrected chi connectivity index (χ3v) is 3.45. The van der Waals surface area contributed by atoms with Crippen molar-refractivity contribution in [3.05, 3.63) is 53.3 Å². The van der Waals surface area contributed by atoms with Gasteiger partial charge < -0.3 is 10.0 Å². The largest absolute Gasteiger partial charge is 0.389 e.